The first kappa shape index (κ1) is 20.3. The van der Waals surface area contributed by atoms with Crippen LogP contribution >= 0.6 is 0 Å². The largest absolute Gasteiger partial charge is 0.462 e. The number of anilines is 1. The number of halogens is 1. The minimum atomic E-state index is -0.723. The molecule has 0 aromatic carbocycles. The summed E-state index contributed by atoms with van der Waals surface area (Å²) in [5.74, 6) is -1.12. The molecule has 152 valence electrons. The van der Waals surface area contributed by atoms with Gasteiger partial charge < -0.3 is 19.9 Å². The molecule has 2 aromatic heterocycles. The van der Waals surface area contributed by atoms with E-state index in [1.165, 1.54) is 12.3 Å². The number of nitrogens with two attached hydrogens (primary N) is 1. The Labute approximate surface area is 163 Å². The SMILES string of the molecule is CCOC(=O)c1cn(C(C)(C)C)c2nc(N3CCC[C@H]3CN)c(F)cc2c1=O. The lowest BCUT2D eigenvalue weighted by Gasteiger charge is -2.28. The van der Waals surface area contributed by atoms with E-state index in [0.29, 0.717) is 18.7 Å². The van der Waals surface area contributed by atoms with Gasteiger partial charge in [0.25, 0.3) is 0 Å². The third-order valence-electron chi connectivity index (χ3n) is 5.05. The third kappa shape index (κ3) is 3.48. The molecule has 1 atom stereocenters. The second-order valence-electron chi connectivity index (χ2n) is 8.02. The zero-order chi connectivity index (χ0) is 20.6. The molecule has 0 amide bonds. The van der Waals surface area contributed by atoms with Crippen molar-refractivity contribution in [3.63, 3.8) is 0 Å². The van der Waals surface area contributed by atoms with Gasteiger partial charge in [-0.2, -0.15) is 0 Å². The Morgan fingerprint density at radius 2 is 2.14 bits per heavy atom. The number of rotatable bonds is 4. The smallest absolute Gasteiger partial charge is 0.343 e. The summed E-state index contributed by atoms with van der Waals surface area (Å²) in [7, 11) is 0. The van der Waals surface area contributed by atoms with Crippen molar-refractivity contribution in [3.05, 3.63) is 33.9 Å². The van der Waals surface area contributed by atoms with Crippen LogP contribution in [0.25, 0.3) is 11.0 Å². The normalized spacial score (nSPS) is 17.4. The maximum absolute atomic E-state index is 15.0. The Bertz CT molecular complexity index is 965. The molecule has 0 saturated carbocycles. The van der Waals surface area contributed by atoms with Crippen LogP contribution < -0.4 is 16.1 Å². The molecule has 28 heavy (non-hydrogen) atoms. The summed E-state index contributed by atoms with van der Waals surface area (Å²) in [6.45, 7) is 8.66. The first-order chi connectivity index (χ1) is 13.2. The molecule has 0 spiro atoms. The van der Waals surface area contributed by atoms with Crippen molar-refractivity contribution in [2.75, 3.05) is 24.6 Å². The van der Waals surface area contributed by atoms with Crippen molar-refractivity contribution < 1.29 is 13.9 Å². The number of pyridine rings is 2. The maximum atomic E-state index is 15.0. The fourth-order valence-corrected chi connectivity index (χ4v) is 3.64. The number of nitrogens with zero attached hydrogens (tertiary/aromatic N) is 3. The second-order valence-corrected chi connectivity index (χ2v) is 8.02. The topological polar surface area (TPSA) is 90.5 Å². The van der Waals surface area contributed by atoms with Gasteiger partial charge in [0, 0.05) is 30.9 Å². The summed E-state index contributed by atoms with van der Waals surface area (Å²) in [5.41, 5.74) is 4.97. The molecule has 1 saturated heterocycles. The Balaban J connectivity index is 2.29. The fourth-order valence-electron chi connectivity index (χ4n) is 3.64. The van der Waals surface area contributed by atoms with E-state index in [1.54, 1.807) is 11.5 Å². The van der Waals surface area contributed by atoms with Crippen LogP contribution in [0.3, 0.4) is 0 Å². The molecule has 0 unspecified atom stereocenters. The first-order valence-electron chi connectivity index (χ1n) is 9.59. The summed E-state index contributed by atoms with van der Waals surface area (Å²) in [6, 6.07) is 1.20. The summed E-state index contributed by atoms with van der Waals surface area (Å²) in [5, 5.41) is 0.0604. The highest BCUT2D eigenvalue weighted by Crippen LogP contribution is 2.29. The number of hydrogen-bond acceptors (Lipinski definition) is 6. The highest BCUT2D eigenvalue weighted by molar-refractivity contribution is 5.93. The summed E-state index contributed by atoms with van der Waals surface area (Å²) >= 11 is 0. The van der Waals surface area contributed by atoms with Crippen LogP contribution in [0.15, 0.2) is 17.1 Å². The number of aromatic nitrogens is 2. The van der Waals surface area contributed by atoms with Gasteiger partial charge in [0.15, 0.2) is 11.6 Å². The van der Waals surface area contributed by atoms with E-state index >= 15 is 0 Å². The van der Waals surface area contributed by atoms with Crippen molar-refractivity contribution in [1.82, 2.24) is 9.55 Å². The van der Waals surface area contributed by atoms with Gasteiger partial charge in [-0.3, -0.25) is 4.79 Å². The molecule has 1 fully saturated rings. The lowest BCUT2D eigenvalue weighted by atomic mass is 10.1. The van der Waals surface area contributed by atoms with Crippen LogP contribution in [0.4, 0.5) is 10.2 Å². The predicted molar refractivity (Wildman–Crippen MR) is 106 cm³/mol. The van der Waals surface area contributed by atoms with E-state index in [-0.39, 0.29) is 29.4 Å². The Morgan fingerprint density at radius 1 is 1.43 bits per heavy atom. The lowest BCUT2D eigenvalue weighted by molar-refractivity contribution is 0.0524. The zero-order valence-electron chi connectivity index (χ0n) is 16.8. The van der Waals surface area contributed by atoms with Gasteiger partial charge in [-0.15, -0.1) is 0 Å². The molecule has 0 aliphatic carbocycles. The minimum Gasteiger partial charge on any atom is -0.462 e. The number of hydrogen-bond donors (Lipinski definition) is 1. The monoisotopic (exact) mass is 390 g/mol. The van der Waals surface area contributed by atoms with Crippen molar-refractivity contribution >= 4 is 22.8 Å². The van der Waals surface area contributed by atoms with Gasteiger partial charge in [-0.05, 0) is 46.6 Å². The van der Waals surface area contributed by atoms with Crippen molar-refractivity contribution in [2.45, 2.75) is 52.1 Å². The van der Waals surface area contributed by atoms with Gasteiger partial charge >= 0.3 is 5.97 Å². The molecule has 3 heterocycles. The summed E-state index contributed by atoms with van der Waals surface area (Å²) < 4.78 is 21.7. The molecular weight excluding hydrogens is 363 g/mol. The lowest BCUT2D eigenvalue weighted by Crippen LogP contribution is -2.37. The number of carbonyl (C=O) groups excluding carboxylic acids is 1. The van der Waals surface area contributed by atoms with Gasteiger partial charge in [0.1, 0.15) is 11.2 Å². The summed E-state index contributed by atoms with van der Waals surface area (Å²) in [6.07, 6.45) is 3.25. The van der Waals surface area contributed by atoms with E-state index in [2.05, 4.69) is 4.98 Å². The van der Waals surface area contributed by atoms with Gasteiger partial charge in [-0.25, -0.2) is 14.2 Å². The average Bonchev–Trinajstić information content (AvgIpc) is 3.09. The van der Waals surface area contributed by atoms with Crippen molar-refractivity contribution in [1.29, 1.82) is 0 Å². The van der Waals surface area contributed by atoms with Crippen LogP contribution in [-0.2, 0) is 10.3 Å². The molecule has 2 aromatic rings. The quantitative estimate of drug-likeness (QED) is 0.806. The molecular formula is C20H27FN4O3. The first-order valence-corrected chi connectivity index (χ1v) is 9.59. The number of carbonyl (C=O) groups is 1. The fraction of sp³-hybridized carbons (Fsp3) is 0.550. The van der Waals surface area contributed by atoms with Gasteiger partial charge in [0.05, 0.1) is 12.0 Å². The molecule has 0 radical (unpaired) electrons. The van der Waals surface area contributed by atoms with Crippen LogP contribution in [0.5, 0.6) is 0 Å². The molecule has 3 rings (SSSR count). The van der Waals surface area contributed by atoms with Gasteiger partial charge in [0.2, 0.25) is 5.43 Å². The molecule has 1 aliphatic heterocycles. The molecule has 0 bridgehead atoms. The zero-order valence-corrected chi connectivity index (χ0v) is 16.8. The molecule has 8 heteroatoms. The molecule has 2 N–H and O–H groups in total. The van der Waals surface area contributed by atoms with Crippen LogP contribution in [0.2, 0.25) is 0 Å². The second kappa shape index (κ2) is 7.50. The Hall–Kier alpha value is -2.48. The maximum Gasteiger partial charge on any atom is 0.343 e. The van der Waals surface area contributed by atoms with Crippen LogP contribution in [0, 0.1) is 5.82 Å². The van der Waals surface area contributed by atoms with Crippen LogP contribution in [0.1, 0.15) is 50.9 Å². The third-order valence-corrected chi connectivity index (χ3v) is 5.05. The minimum absolute atomic E-state index is 0.0214. The Morgan fingerprint density at radius 3 is 2.75 bits per heavy atom. The number of esters is 1. The molecule has 1 aliphatic rings. The van der Waals surface area contributed by atoms with E-state index in [9.17, 15) is 14.0 Å². The van der Waals surface area contributed by atoms with Crippen molar-refractivity contribution in [2.24, 2.45) is 5.73 Å². The molecule has 7 nitrogen and oxygen atoms in total. The van der Waals surface area contributed by atoms with Gasteiger partial charge in [-0.1, -0.05) is 0 Å². The van der Waals surface area contributed by atoms with E-state index < -0.39 is 22.8 Å². The van der Waals surface area contributed by atoms with E-state index in [1.807, 2.05) is 25.7 Å². The number of ether oxygens (including phenoxy) is 1. The number of fused-ring (bicyclic) bond motifs is 1. The standard InChI is InChI=1S/C20H27FN4O3/c1-5-28-19(27)14-11-25(20(2,3)4)17-13(16(14)26)9-15(21)18(23-17)24-8-6-7-12(24)10-22/h9,11-12H,5-8,10,22H2,1-4H3/t12-/m0/s1. The predicted octanol–water partition coefficient (Wildman–Crippen LogP) is 2.39. The highest BCUT2D eigenvalue weighted by Gasteiger charge is 2.29. The summed E-state index contributed by atoms with van der Waals surface area (Å²) in [4.78, 5) is 31.5. The van der Waals surface area contributed by atoms with Crippen molar-refractivity contribution in [3.8, 4) is 0 Å². The van der Waals surface area contributed by atoms with E-state index in [4.69, 9.17) is 10.5 Å². The van der Waals surface area contributed by atoms with E-state index in [0.717, 1.165) is 12.8 Å². The highest BCUT2D eigenvalue weighted by atomic mass is 19.1. The Kier molecular flexibility index (Phi) is 5.43. The van der Waals surface area contributed by atoms with Crippen LogP contribution in [-0.4, -0.2) is 41.3 Å². The average molecular weight is 390 g/mol.